The first-order valence-corrected chi connectivity index (χ1v) is 6.61. The second-order valence-corrected chi connectivity index (χ2v) is 5.75. The van der Waals surface area contributed by atoms with Crippen LogP contribution in [0.1, 0.15) is 44.3 Å². The van der Waals surface area contributed by atoms with Crippen LogP contribution in [0.25, 0.3) is 0 Å². The number of ether oxygens (including phenoxy) is 1. The molecular weight excluding hydrogens is 207 g/mol. The molecule has 0 aliphatic rings. The van der Waals surface area contributed by atoms with Crippen LogP contribution in [-0.2, 0) is 12.8 Å². The van der Waals surface area contributed by atoms with Crippen LogP contribution >= 0.6 is 0 Å². The van der Waals surface area contributed by atoms with E-state index >= 15 is 0 Å². The molecule has 94 valence electrons. The van der Waals surface area contributed by atoms with Gasteiger partial charge in [-0.25, -0.2) is 0 Å². The second kappa shape index (κ2) is 6.23. The van der Waals surface area contributed by atoms with Gasteiger partial charge in [-0.3, -0.25) is 0 Å². The van der Waals surface area contributed by atoms with Crippen LogP contribution in [0.3, 0.4) is 0 Å². The molecule has 0 saturated heterocycles. The van der Waals surface area contributed by atoms with E-state index < -0.39 is 0 Å². The van der Waals surface area contributed by atoms with Crippen molar-refractivity contribution in [3.05, 3.63) is 22.5 Å². The van der Waals surface area contributed by atoms with Crippen molar-refractivity contribution in [2.45, 2.75) is 47.5 Å². The molecule has 0 radical (unpaired) electrons. The summed E-state index contributed by atoms with van der Waals surface area (Å²) in [5, 5.41) is 0. The molecule has 0 aromatic carbocycles. The van der Waals surface area contributed by atoms with Crippen molar-refractivity contribution in [1.29, 1.82) is 0 Å². The summed E-state index contributed by atoms with van der Waals surface area (Å²) in [6, 6.07) is 0. The quantitative estimate of drug-likeness (QED) is 0.751. The minimum absolute atomic E-state index is 0.664. The van der Waals surface area contributed by atoms with Gasteiger partial charge in [0.2, 0.25) is 0 Å². The van der Waals surface area contributed by atoms with E-state index in [2.05, 4.69) is 47.5 Å². The molecule has 1 nitrogen and oxygen atoms in total. The molecule has 17 heavy (non-hydrogen) atoms. The first kappa shape index (κ1) is 14.3. The summed E-state index contributed by atoms with van der Waals surface area (Å²) in [5.41, 5.74) is 4.11. The van der Waals surface area contributed by atoms with Gasteiger partial charge in [0, 0.05) is 0 Å². The molecule has 2 heteroatoms. The Morgan fingerprint density at radius 2 is 1.71 bits per heavy atom. The Morgan fingerprint density at radius 3 is 2.18 bits per heavy atom. The van der Waals surface area contributed by atoms with E-state index in [1.165, 1.54) is 16.6 Å². The fourth-order valence-corrected chi connectivity index (χ4v) is 2.33. The zero-order valence-corrected chi connectivity index (χ0v) is 12.1. The molecule has 0 atom stereocenters. The Hall–Kier alpha value is -0.785. The van der Waals surface area contributed by atoms with Crippen LogP contribution in [-0.4, -0.2) is 14.0 Å². The Kier molecular flexibility index (Phi) is 5.23. The third-order valence-corrected chi connectivity index (χ3v) is 3.00. The third kappa shape index (κ3) is 3.87. The van der Waals surface area contributed by atoms with E-state index in [4.69, 9.17) is 4.74 Å². The van der Waals surface area contributed by atoms with E-state index in [1.54, 1.807) is 7.11 Å². The summed E-state index contributed by atoms with van der Waals surface area (Å²) in [5.74, 6) is 4.72. The standard InChI is InChI=1S/C15H25BO/c1-10(2)7-13-9-16-12(5)15(17-6)14(13)8-11(3)4/h9-11H,7-8H2,1-6H3. The maximum absolute atomic E-state index is 5.60. The van der Waals surface area contributed by atoms with Crippen molar-refractivity contribution in [3.63, 3.8) is 0 Å². The molecule has 0 N–H and O–H groups in total. The predicted molar refractivity (Wildman–Crippen MR) is 76.2 cm³/mol. The van der Waals surface area contributed by atoms with Gasteiger partial charge in [0.05, 0.1) is 0 Å². The summed E-state index contributed by atoms with van der Waals surface area (Å²) < 4.78 is 5.60. The summed E-state index contributed by atoms with van der Waals surface area (Å²) >= 11 is 0. The third-order valence-electron chi connectivity index (χ3n) is 3.00. The van der Waals surface area contributed by atoms with Crippen molar-refractivity contribution in [2.75, 3.05) is 7.11 Å². The molecule has 0 amide bonds. The van der Waals surface area contributed by atoms with E-state index in [0.717, 1.165) is 18.6 Å². The minimum atomic E-state index is 0.664. The Balaban J connectivity index is 3.19. The van der Waals surface area contributed by atoms with Crippen LogP contribution in [0.2, 0.25) is 0 Å². The molecule has 0 bridgehead atoms. The molecule has 0 aliphatic carbocycles. The fraction of sp³-hybridized carbons (Fsp3) is 0.667. The molecule has 1 aromatic heterocycles. The second-order valence-electron chi connectivity index (χ2n) is 5.75. The van der Waals surface area contributed by atoms with Gasteiger partial charge >= 0.3 is 106 Å². The average Bonchev–Trinajstić information content (AvgIpc) is 2.21. The van der Waals surface area contributed by atoms with Crippen LogP contribution in [0, 0.1) is 18.8 Å². The Labute approximate surface area is 107 Å². The average molecular weight is 232 g/mol. The molecule has 0 saturated carbocycles. The van der Waals surface area contributed by atoms with Crippen molar-refractivity contribution < 1.29 is 4.74 Å². The van der Waals surface area contributed by atoms with Crippen molar-refractivity contribution in [1.82, 2.24) is 0 Å². The molecule has 1 heterocycles. The van der Waals surface area contributed by atoms with E-state index in [0.29, 0.717) is 11.8 Å². The van der Waals surface area contributed by atoms with Gasteiger partial charge in [0.15, 0.2) is 0 Å². The zero-order chi connectivity index (χ0) is 13.0. The van der Waals surface area contributed by atoms with Crippen LogP contribution in [0.4, 0.5) is 0 Å². The molecule has 1 aromatic rings. The monoisotopic (exact) mass is 232 g/mol. The van der Waals surface area contributed by atoms with Gasteiger partial charge in [-0.1, -0.05) is 0 Å². The predicted octanol–water partition coefficient (Wildman–Crippen LogP) is 3.74. The van der Waals surface area contributed by atoms with E-state index in [9.17, 15) is 0 Å². The molecule has 0 spiro atoms. The number of methoxy groups -OCH3 is 1. The van der Waals surface area contributed by atoms with Gasteiger partial charge < -0.3 is 0 Å². The topological polar surface area (TPSA) is 9.23 Å². The molecule has 1 rings (SSSR count). The summed E-state index contributed by atoms with van der Waals surface area (Å²) in [4.78, 5) is 0. The van der Waals surface area contributed by atoms with Gasteiger partial charge in [-0.2, -0.15) is 0 Å². The van der Waals surface area contributed by atoms with Gasteiger partial charge in [-0.15, -0.1) is 0 Å². The van der Waals surface area contributed by atoms with Crippen molar-refractivity contribution in [3.8, 4) is 5.75 Å². The molecule has 0 unspecified atom stereocenters. The van der Waals surface area contributed by atoms with Gasteiger partial charge in [0.25, 0.3) is 0 Å². The number of rotatable bonds is 5. The van der Waals surface area contributed by atoms with Crippen molar-refractivity contribution in [2.24, 2.45) is 11.8 Å². The first-order chi connectivity index (χ1) is 7.95. The molecule has 0 aliphatic heterocycles. The van der Waals surface area contributed by atoms with Gasteiger partial charge in [0.1, 0.15) is 0 Å². The summed E-state index contributed by atoms with van der Waals surface area (Å²) in [7, 11) is 1.78. The Bertz CT molecular complexity index is 369. The van der Waals surface area contributed by atoms with Crippen LogP contribution < -0.4 is 4.74 Å². The van der Waals surface area contributed by atoms with Crippen LogP contribution in [0.15, 0.2) is 5.96 Å². The summed E-state index contributed by atoms with van der Waals surface area (Å²) in [6.07, 6.45) is 2.24. The number of hydrogen-bond donors (Lipinski definition) is 0. The van der Waals surface area contributed by atoms with Crippen LogP contribution in [0.5, 0.6) is 5.75 Å². The molecule has 0 fully saturated rings. The van der Waals surface area contributed by atoms with E-state index in [1.807, 2.05) is 0 Å². The summed E-state index contributed by atoms with van der Waals surface area (Å²) in [6.45, 7) is 13.4. The first-order valence-electron chi connectivity index (χ1n) is 6.61. The number of aryl methyl sites for hydroxylation is 1. The molecular formula is C15H25BO. The zero-order valence-electron chi connectivity index (χ0n) is 12.1. The SMILES string of the molecule is COc1c(C)bcc(CC(C)C)c1CC(C)C. The normalized spacial score (nSPS) is 11.1. The van der Waals surface area contributed by atoms with Crippen molar-refractivity contribution >= 4 is 6.91 Å². The van der Waals surface area contributed by atoms with E-state index in [-0.39, 0.29) is 0 Å². The fourth-order valence-electron chi connectivity index (χ4n) is 2.33. The van der Waals surface area contributed by atoms with Gasteiger partial charge in [-0.05, 0) is 0 Å². The number of hydrogen-bond acceptors (Lipinski definition) is 1. The Morgan fingerprint density at radius 1 is 1.12 bits per heavy atom. The maximum atomic E-state index is 5.60.